The lowest BCUT2D eigenvalue weighted by atomic mass is 10.0. The van der Waals surface area contributed by atoms with E-state index < -0.39 is 0 Å². The van der Waals surface area contributed by atoms with E-state index >= 15 is 0 Å². The molecule has 0 amide bonds. The number of nitrogens with one attached hydrogen (secondary N) is 1. The second kappa shape index (κ2) is 8.27. The molecule has 110 valence electrons. The molecule has 0 saturated heterocycles. The minimum absolute atomic E-state index is 0.234. The summed E-state index contributed by atoms with van der Waals surface area (Å²) in [5.41, 5.74) is 0. The Morgan fingerprint density at radius 2 is 2.11 bits per heavy atom. The molecule has 1 heterocycles. The molecule has 0 aliphatic rings. The first-order chi connectivity index (χ1) is 9.13. The lowest BCUT2D eigenvalue weighted by Gasteiger charge is -2.26. The van der Waals surface area contributed by atoms with Gasteiger partial charge in [0, 0.05) is 25.1 Å². The average Bonchev–Trinajstić information content (AvgIpc) is 2.84. The number of hydrogen-bond acceptors (Lipinski definition) is 4. The van der Waals surface area contributed by atoms with Crippen LogP contribution >= 0.6 is 0 Å². The molecule has 1 rings (SSSR count). The molecule has 19 heavy (non-hydrogen) atoms. The maximum atomic E-state index is 5.86. The van der Waals surface area contributed by atoms with Crippen molar-refractivity contribution in [1.29, 1.82) is 0 Å². The summed E-state index contributed by atoms with van der Waals surface area (Å²) in [6.07, 6.45) is 4.91. The molecule has 0 radical (unpaired) electrons. The van der Waals surface area contributed by atoms with Crippen LogP contribution in [0.15, 0.2) is 6.33 Å². The molecule has 5 nitrogen and oxygen atoms in total. The Bertz CT molecular complexity index is 345. The smallest absolute Gasteiger partial charge is 0.138 e. The van der Waals surface area contributed by atoms with Gasteiger partial charge in [0.2, 0.25) is 0 Å². The van der Waals surface area contributed by atoms with Crippen molar-refractivity contribution in [3.05, 3.63) is 12.2 Å². The summed E-state index contributed by atoms with van der Waals surface area (Å²) in [6.45, 7) is 9.23. The molecule has 2 atom stereocenters. The van der Waals surface area contributed by atoms with Crippen LogP contribution in [0.5, 0.6) is 0 Å². The zero-order valence-electron chi connectivity index (χ0n) is 12.9. The van der Waals surface area contributed by atoms with Gasteiger partial charge in [-0.15, -0.1) is 0 Å². The number of ether oxygens (including phenoxy) is 1. The number of hydrogen-bond donors (Lipinski definition) is 1. The zero-order valence-corrected chi connectivity index (χ0v) is 12.9. The Hall–Kier alpha value is -0.940. The van der Waals surface area contributed by atoms with E-state index in [9.17, 15) is 0 Å². The summed E-state index contributed by atoms with van der Waals surface area (Å²) in [6, 6.07) is 0.619. The number of likely N-dealkylation sites (N-methyl/N-ethyl adjacent to an activating group) is 1. The van der Waals surface area contributed by atoms with Crippen molar-refractivity contribution in [1.82, 2.24) is 20.1 Å². The third kappa shape index (κ3) is 4.58. The highest BCUT2D eigenvalue weighted by atomic mass is 16.5. The van der Waals surface area contributed by atoms with Gasteiger partial charge in [0.05, 0.1) is 6.10 Å². The summed E-state index contributed by atoms with van der Waals surface area (Å²) in [4.78, 5) is 4.38. The van der Waals surface area contributed by atoms with Gasteiger partial charge in [0.25, 0.3) is 0 Å². The van der Waals surface area contributed by atoms with Crippen LogP contribution in [0.1, 0.15) is 52.4 Å². The Labute approximate surface area is 116 Å². The molecule has 1 aromatic rings. The molecular weight excluding hydrogens is 240 g/mol. The molecule has 0 spiro atoms. The van der Waals surface area contributed by atoms with E-state index in [1.54, 1.807) is 6.33 Å². The highest BCUT2D eigenvalue weighted by Gasteiger charge is 2.22. The van der Waals surface area contributed by atoms with Crippen LogP contribution in [0.25, 0.3) is 0 Å². The second-order valence-corrected chi connectivity index (χ2v) is 5.10. The third-order valence-corrected chi connectivity index (χ3v) is 3.31. The van der Waals surface area contributed by atoms with E-state index in [0.29, 0.717) is 6.04 Å². The fraction of sp³-hybridized carbons (Fsp3) is 0.857. The van der Waals surface area contributed by atoms with Crippen molar-refractivity contribution >= 4 is 0 Å². The zero-order chi connectivity index (χ0) is 14.3. The molecule has 0 aromatic carbocycles. The van der Waals surface area contributed by atoms with E-state index in [1.807, 2.05) is 18.7 Å². The summed E-state index contributed by atoms with van der Waals surface area (Å²) in [7, 11) is 1.99. The van der Waals surface area contributed by atoms with Gasteiger partial charge in [0.15, 0.2) is 0 Å². The van der Waals surface area contributed by atoms with Crippen molar-refractivity contribution in [3.63, 3.8) is 0 Å². The topological polar surface area (TPSA) is 52.0 Å². The van der Waals surface area contributed by atoms with Crippen LogP contribution < -0.4 is 5.32 Å². The summed E-state index contributed by atoms with van der Waals surface area (Å²) in [5, 5.41) is 7.66. The fourth-order valence-corrected chi connectivity index (χ4v) is 2.37. The van der Waals surface area contributed by atoms with E-state index in [1.165, 1.54) is 0 Å². The van der Waals surface area contributed by atoms with Crippen molar-refractivity contribution in [2.75, 3.05) is 13.7 Å². The van der Waals surface area contributed by atoms with Crippen LogP contribution in [0.2, 0.25) is 0 Å². The maximum absolute atomic E-state index is 5.86. The molecule has 0 fully saturated rings. The maximum Gasteiger partial charge on any atom is 0.138 e. The highest BCUT2D eigenvalue weighted by molar-refractivity contribution is 4.93. The van der Waals surface area contributed by atoms with E-state index in [-0.39, 0.29) is 12.1 Å². The van der Waals surface area contributed by atoms with Crippen molar-refractivity contribution in [3.8, 4) is 0 Å². The van der Waals surface area contributed by atoms with Crippen LogP contribution in [0, 0.1) is 0 Å². The quantitative estimate of drug-likeness (QED) is 0.746. The van der Waals surface area contributed by atoms with Gasteiger partial charge in [-0.05, 0) is 34.2 Å². The van der Waals surface area contributed by atoms with Crippen molar-refractivity contribution in [2.45, 2.75) is 65.1 Å². The predicted molar refractivity (Wildman–Crippen MR) is 77.3 cm³/mol. The third-order valence-electron chi connectivity index (χ3n) is 3.31. The number of nitrogens with zero attached hydrogens (tertiary/aromatic N) is 3. The van der Waals surface area contributed by atoms with Gasteiger partial charge < -0.3 is 10.1 Å². The van der Waals surface area contributed by atoms with Crippen LogP contribution in [-0.2, 0) is 11.2 Å². The minimum Gasteiger partial charge on any atom is -0.377 e. The summed E-state index contributed by atoms with van der Waals surface area (Å²) in [5.74, 6) is 1.02. The van der Waals surface area contributed by atoms with Gasteiger partial charge >= 0.3 is 0 Å². The normalized spacial score (nSPS) is 14.8. The van der Waals surface area contributed by atoms with Crippen LogP contribution in [0.3, 0.4) is 0 Å². The predicted octanol–water partition coefficient (Wildman–Crippen LogP) is 2.19. The monoisotopic (exact) mass is 268 g/mol. The fourth-order valence-electron chi connectivity index (χ4n) is 2.37. The van der Waals surface area contributed by atoms with Gasteiger partial charge in [-0.3, -0.25) is 0 Å². The van der Waals surface area contributed by atoms with Gasteiger partial charge in [-0.2, -0.15) is 5.10 Å². The first kappa shape index (κ1) is 16.1. The molecule has 0 aliphatic heterocycles. The van der Waals surface area contributed by atoms with E-state index in [2.05, 4.69) is 36.2 Å². The molecule has 0 bridgehead atoms. The van der Waals surface area contributed by atoms with Gasteiger partial charge in [0.1, 0.15) is 12.2 Å². The Morgan fingerprint density at radius 3 is 2.63 bits per heavy atom. The Balaban J connectivity index is 2.76. The lowest BCUT2D eigenvalue weighted by molar-refractivity contribution is 0.0293. The molecule has 1 N–H and O–H groups in total. The number of aromatic nitrogens is 3. The van der Waals surface area contributed by atoms with Crippen molar-refractivity contribution in [2.24, 2.45) is 0 Å². The molecule has 2 unspecified atom stereocenters. The first-order valence-electron chi connectivity index (χ1n) is 7.31. The largest absolute Gasteiger partial charge is 0.377 e. The van der Waals surface area contributed by atoms with Crippen LogP contribution in [0.4, 0.5) is 0 Å². The first-order valence-corrected chi connectivity index (χ1v) is 7.31. The highest BCUT2D eigenvalue weighted by Crippen LogP contribution is 2.14. The molecule has 0 aliphatic carbocycles. The SMILES string of the molecule is CCCC(OCC)C(Cc1ncnn1C(C)C)NC. The Kier molecular flexibility index (Phi) is 7.02. The minimum atomic E-state index is 0.234. The average molecular weight is 268 g/mol. The summed E-state index contributed by atoms with van der Waals surface area (Å²) < 4.78 is 7.85. The summed E-state index contributed by atoms with van der Waals surface area (Å²) >= 11 is 0. The Morgan fingerprint density at radius 1 is 1.37 bits per heavy atom. The molecular formula is C14H28N4O. The molecule has 5 heteroatoms. The van der Waals surface area contributed by atoms with E-state index in [0.717, 1.165) is 31.7 Å². The second-order valence-electron chi connectivity index (χ2n) is 5.10. The van der Waals surface area contributed by atoms with Gasteiger partial charge in [-0.25, -0.2) is 9.67 Å². The van der Waals surface area contributed by atoms with E-state index in [4.69, 9.17) is 4.74 Å². The molecule has 1 aromatic heterocycles. The van der Waals surface area contributed by atoms with Crippen molar-refractivity contribution < 1.29 is 4.74 Å². The number of rotatable bonds is 9. The lowest BCUT2D eigenvalue weighted by Crippen LogP contribution is -2.42. The van der Waals surface area contributed by atoms with Gasteiger partial charge in [-0.1, -0.05) is 13.3 Å². The molecule has 0 saturated carbocycles. The standard InChI is InChI=1S/C14H28N4O/c1-6-8-13(19-7-2)12(15-5)9-14-16-10-17-18(14)11(3)4/h10-13,15H,6-9H2,1-5H3. The van der Waals surface area contributed by atoms with Crippen LogP contribution in [-0.4, -0.2) is 40.6 Å².